The van der Waals surface area contributed by atoms with E-state index in [1.54, 1.807) is 6.20 Å². The van der Waals surface area contributed by atoms with Crippen molar-refractivity contribution in [3.63, 3.8) is 0 Å². The Kier molecular flexibility index (Phi) is 1.92. The maximum absolute atomic E-state index is 6.06. The topological polar surface area (TPSA) is 28.3 Å². The molecule has 0 aromatic carbocycles. The molecule has 0 radical (unpaired) electrons. The van der Waals surface area contributed by atoms with E-state index in [-0.39, 0.29) is 0 Å². The lowest BCUT2D eigenvalue weighted by molar-refractivity contribution is -0.389. The molecule has 1 aromatic rings. The summed E-state index contributed by atoms with van der Waals surface area (Å²) >= 11 is 6.06. The summed E-state index contributed by atoms with van der Waals surface area (Å²) in [6, 6.07) is 3.88. The number of fused-ring (bicyclic) bond motifs is 1. The predicted molar refractivity (Wildman–Crippen MR) is 59.9 cm³/mol. The van der Waals surface area contributed by atoms with E-state index in [0.29, 0.717) is 5.15 Å². The number of rotatable bonds is 1. The number of hydrogen-bond donors (Lipinski definition) is 0. The molecule has 4 heteroatoms. The first-order valence-corrected chi connectivity index (χ1v) is 5.22. The number of halogens is 1. The van der Waals surface area contributed by atoms with Gasteiger partial charge in [-0.05, 0) is 18.2 Å². The number of hydrogen-bond acceptors (Lipinski definition) is 2. The molecule has 3 rings (SSSR count). The van der Waals surface area contributed by atoms with Crippen LogP contribution in [-0.4, -0.2) is 34.2 Å². The monoisotopic (exact) mass is 218 g/mol. The van der Waals surface area contributed by atoms with Crippen LogP contribution < -0.4 is 0 Å². The van der Waals surface area contributed by atoms with Crippen LogP contribution in [0.3, 0.4) is 0 Å². The Hall–Kier alpha value is -1.48. The molecule has 0 spiro atoms. The van der Waals surface area contributed by atoms with Crippen LogP contribution in [0, 0.1) is 0 Å². The molecule has 0 saturated carbocycles. The molecule has 74 valence electrons. The molecule has 0 aliphatic carbocycles. The van der Waals surface area contributed by atoms with Gasteiger partial charge in [-0.25, -0.2) is 9.56 Å². The van der Waals surface area contributed by atoms with E-state index < -0.39 is 0 Å². The summed E-state index contributed by atoms with van der Waals surface area (Å²) in [7, 11) is 0. The maximum Gasteiger partial charge on any atom is 0.318 e. The third-order valence-electron chi connectivity index (χ3n) is 2.59. The van der Waals surface area contributed by atoms with E-state index in [4.69, 9.17) is 11.6 Å². The fraction of sp³-hybridized carbons (Fsp3) is 0.182. The average Bonchev–Trinajstić information content (AvgIpc) is 2.80. The van der Waals surface area contributed by atoms with Crippen LogP contribution in [0.5, 0.6) is 0 Å². The number of amidine groups is 1. The first kappa shape index (κ1) is 8.80. The molecule has 0 bridgehead atoms. The number of allylic oxidation sites excluding steroid dienone is 1. The Morgan fingerprint density at radius 3 is 3.13 bits per heavy atom. The zero-order chi connectivity index (χ0) is 10.3. The molecular formula is C11H9ClN3+. The van der Waals surface area contributed by atoms with Crippen molar-refractivity contribution in [2.45, 2.75) is 0 Å². The highest BCUT2D eigenvalue weighted by Crippen LogP contribution is 2.17. The highest BCUT2D eigenvalue weighted by Gasteiger charge is 2.28. The van der Waals surface area contributed by atoms with Crippen molar-refractivity contribution in [3.05, 3.63) is 41.2 Å². The van der Waals surface area contributed by atoms with E-state index in [0.717, 1.165) is 30.2 Å². The summed E-state index contributed by atoms with van der Waals surface area (Å²) in [5.74, 6) is 1.03. The van der Waals surface area contributed by atoms with Gasteiger partial charge in [-0.2, -0.15) is 0 Å². The zero-order valence-corrected chi connectivity index (χ0v) is 8.78. The van der Waals surface area contributed by atoms with Gasteiger partial charge < -0.3 is 0 Å². The van der Waals surface area contributed by atoms with Crippen LogP contribution in [0.1, 0.15) is 5.56 Å². The van der Waals surface area contributed by atoms with Crippen molar-refractivity contribution in [2.75, 3.05) is 13.1 Å². The molecule has 15 heavy (non-hydrogen) atoms. The fourth-order valence-electron chi connectivity index (χ4n) is 1.91. The molecule has 3 nitrogen and oxygen atoms in total. The third kappa shape index (κ3) is 1.31. The van der Waals surface area contributed by atoms with Crippen LogP contribution in [0.25, 0.3) is 0 Å². The summed E-state index contributed by atoms with van der Waals surface area (Å²) < 4.78 is 2.17. The number of aromatic nitrogens is 1. The lowest BCUT2D eigenvalue weighted by Gasteiger charge is -2.01. The molecule has 0 amide bonds. The molecule has 0 N–H and O–H groups in total. The van der Waals surface area contributed by atoms with E-state index in [1.807, 2.05) is 24.3 Å². The predicted octanol–water partition coefficient (Wildman–Crippen LogP) is 1.52. The van der Waals surface area contributed by atoms with Crippen molar-refractivity contribution in [1.82, 2.24) is 4.98 Å². The minimum absolute atomic E-state index is 0.547. The molecule has 0 unspecified atom stereocenters. The lowest BCUT2D eigenvalue weighted by atomic mass is 10.2. The normalized spacial score (nSPS) is 18.3. The Bertz CT molecular complexity index is 514. The summed E-state index contributed by atoms with van der Waals surface area (Å²) in [6.45, 7) is 1.80. The number of aliphatic imine (C=N–C) groups is 1. The average molecular weight is 219 g/mol. The first-order valence-electron chi connectivity index (χ1n) is 4.84. The van der Waals surface area contributed by atoms with Gasteiger partial charge in [0.1, 0.15) is 17.4 Å². The van der Waals surface area contributed by atoms with E-state index in [9.17, 15) is 0 Å². The molecule has 3 heterocycles. The highest BCUT2D eigenvalue weighted by molar-refractivity contribution is 6.34. The van der Waals surface area contributed by atoms with Gasteiger partial charge >= 0.3 is 5.84 Å². The minimum Gasteiger partial charge on any atom is -0.244 e. The first-order chi connectivity index (χ1) is 7.36. The maximum atomic E-state index is 6.06. The van der Waals surface area contributed by atoms with Crippen molar-refractivity contribution >= 4 is 23.1 Å². The van der Waals surface area contributed by atoms with Crippen LogP contribution in [0.4, 0.5) is 0 Å². The van der Waals surface area contributed by atoms with Crippen LogP contribution in [0.15, 0.2) is 35.5 Å². The second-order valence-electron chi connectivity index (χ2n) is 3.45. The molecule has 1 aromatic heterocycles. The Morgan fingerprint density at radius 1 is 1.33 bits per heavy atom. The molecule has 2 aliphatic rings. The standard InChI is InChI=1S/C11H9ClN3/c12-11-8(2-1-5-14-11)9-3-4-10-13-6-7-15(9)10/h1-5H,6-7H2/q+1. The minimum atomic E-state index is 0.547. The molecule has 0 atom stereocenters. The molecular weight excluding hydrogens is 210 g/mol. The summed E-state index contributed by atoms with van der Waals surface area (Å²) in [5.41, 5.74) is 2.08. The van der Waals surface area contributed by atoms with Crippen molar-refractivity contribution in [2.24, 2.45) is 4.99 Å². The SMILES string of the molecule is Clc1ncccc1C1=[N+]2CCN=C2C=C1. The third-order valence-corrected chi connectivity index (χ3v) is 2.89. The Balaban J connectivity index is 2.17. The van der Waals surface area contributed by atoms with E-state index in [1.165, 1.54) is 0 Å². The Labute approximate surface area is 92.4 Å². The largest absolute Gasteiger partial charge is 0.318 e. The Morgan fingerprint density at radius 2 is 2.27 bits per heavy atom. The van der Waals surface area contributed by atoms with Crippen LogP contribution >= 0.6 is 11.6 Å². The number of pyridine rings is 1. The van der Waals surface area contributed by atoms with E-state index in [2.05, 4.69) is 14.6 Å². The van der Waals surface area contributed by atoms with Gasteiger partial charge in [-0.1, -0.05) is 16.6 Å². The fourth-order valence-corrected chi connectivity index (χ4v) is 2.12. The lowest BCUT2D eigenvalue weighted by Crippen LogP contribution is -2.19. The summed E-state index contributed by atoms with van der Waals surface area (Å²) in [6.07, 6.45) is 5.76. The molecule has 2 aliphatic heterocycles. The van der Waals surface area contributed by atoms with Gasteiger partial charge in [0.25, 0.3) is 0 Å². The number of nitrogens with zero attached hydrogens (tertiary/aromatic N) is 3. The van der Waals surface area contributed by atoms with Crippen molar-refractivity contribution < 1.29 is 4.58 Å². The van der Waals surface area contributed by atoms with Gasteiger partial charge in [0.05, 0.1) is 5.56 Å². The highest BCUT2D eigenvalue weighted by atomic mass is 35.5. The second kappa shape index (κ2) is 3.28. The smallest absolute Gasteiger partial charge is 0.244 e. The van der Waals surface area contributed by atoms with E-state index >= 15 is 0 Å². The molecule has 0 fully saturated rings. The van der Waals surface area contributed by atoms with Crippen molar-refractivity contribution in [1.29, 1.82) is 0 Å². The van der Waals surface area contributed by atoms with Gasteiger partial charge in [-0.15, -0.1) is 0 Å². The van der Waals surface area contributed by atoms with Gasteiger partial charge in [0.15, 0.2) is 6.54 Å². The summed E-state index contributed by atoms with van der Waals surface area (Å²) in [5, 5.41) is 0.547. The van der Waals surface area contributed by atoms with Gasteiger partial charge in [0.2, 0.25) is 0 Å². The van der Waals surface area contributed by atoms with Gasteiger partial charge in [0, 0.05) is 12.3 Å². The second-order valence-corrected chi connectivity index (χ2v) is 3.81. The van der Waals surface area contributed by atoms with Crippen molar-refractivity contribution in [3.8, 4) is 0 Å². The molecule has 0 saturated heterocycles. The van der Waals surface area contributed by atoms with Gasteiger partial charge in [-0.3, -0.25) is 0 Å². The summed E-state index contributed by atoms with van der Waals surface area (Å²) in [4.78, 5) is 8.46. The van der Waals surface area contributed by atoms with Crippen LogP contribution in [0.2, 0.25) is 5.15 Å². The zero-order valence-electron chi connectivity index (χ0n) is 8.02. The quantitative estimate of drug-likeness (QED) is 0.519. The van der Waals surface area contributed by atoms with Crippen LogP contribution in [-0.2, 0) is 0 Å².